The standard InChI is InChI=1S/C15H20N2S/c1-12(2)9-13-3-5-14(6-4-13)10-16-11-15-17-7-8-18-15/h3-8,12,16H,9-11H2,1-2H3. The molecule has 0 atom stereocenters. The number of aromatic nitrogens is 1. The van der Waals surface area contributed by atoms with Crippen LogP contribution in [0.25, 0.3) is 0 Å². The molecule has 1 heterocycles. The monoisotopic (exact) mass is 260 g/mol. The molecule has 1 N–H and O–H groups in total. The van der Waals surface area contributed by atoms with Crippen LogP contribution in [0.1, 0.15) is 30.0 Å². The minimum atomic E-state index is 0.721. The topological polar surface area (TPSA) is 24.9 Å². The first-order chi connectivity index (χ1) is 8.74. The van der Waals surface area contributed by atoms with Crippen molar-refractivity contribution >= 4 is 11.3 Å². The van der Waals surface area contributed by atoms with Crippen molar-refractivity contribution in [2.45, 2.75) is 33.4 Å². The highest BCUT2D eigenvalue weighted by Crippen LogP contribution is 2.10. The van der Waals surface area contributed by atoms with E-state index in [1.165, 1.54) is 11.1 Å². The Morgan fingerprint density at radius 3 is 2.44 bits per heavy atom. The molecule has 96 valence electrons. The van der Waals surface area contributed by atoms with Gasteiger partial charge >= 0.3 is 0 Å². The lowest BCUT2D eigenvalue weighted by Gasteiger charge is -2.07. The molecule has 0 aliphatic rings. The molecule has 0 fully saturated rings. The molecule has 2 aromatic rings. The summed E-state index contributed by atoms with van der Waals surface area (Å²) in [6.07, 6.45) is 3.01. The van der Waals surface area contributed by atoms with Crippen LogP contribution in [0.2, 0.25) is 0 Å². The van der Waals surface area contributed by atoms with Crippen molar-refractivity contribution in [2.24, 2.45) is 5.92 Å². The normalized spacial score (nSPS) is 11.1. The minimum Gasteiger partial charge on any atom is -0.306 e. The van der Waals surface area contributed by atoms with Crippen LogP contribution in [0.15, 0.2) is 35.8 Å². The molecular formula is C15H20N2S. The maximum absolute atomic E-state index is 4.25. The molecule has 1 aromatic heterocycles. The second-order valence-corrected chi connectivity index (χ2v) is 5.92. The van der Waals surface area contributed by atoms with Crippen LogP contribution in [0, 0.1) is 5.92 Å². The van der Waals surface area contributed by atoms with E-state index in [-0.39, 0.29) is 0 Å². The first-order valence-corrected chi connectivity index (χ1v) is 7.29. The first kappa shape index (κ1) is 13.2. The van der Waals surface area contributed by atoms with Crippen molar-refractivity contribution < 1.29 is 0 Å². The van der Waals surface area contributed by atoms with Crippen LogP contribution in [-0.4, -0.2) is 4.98 Å². The second kappa shape index (κ2) is 6.66. The van der Waals surface area contributed by atoms with Crippen molar-refractivity contribution in [3.63, 3.8) is 0 Å². The van der Waals surface area contributed by atoms with Gasteiger partial charge in [0.15, 0.2) is 0 Å². The zero-order chi connectivity index (χ0) is 12.8. The maximum atomic E-state index is 4.25. The maximum Gasteiger partial charge on any atom is 0.106 e. The summed E-state index contributed by atoms with van der Waals surface area (Å²) in [5, 5.41) is 6.57. The SMILES string of the molecule is CC(C)Cc1ccc(CNCc2nccs2)cc1. The molecule has 0 aliphatic carbocycles. The molecule has 2 nitrogen and oxygen atoms in total. The Kier molecular flexibility index (Phi) is 4.90. The van der Waals surface area contributed by atoms with E-state index in [0.717, 1.165) is 30.4 Å². The summed E-state index contributed by atoms with van der Waals surface area (Å²) in [5.41, 5.74) is 2.76. The molecule has 0 saturated heterocycles. The number of hydrogen-bond acceptors (Lipinski definition) is 3. The highest BCUT2D eigenvalue weighted by molar-refractivity contribution is 7.09. The van der Waals surface area contributed by atoms with Crippen LogP contribution in [-0.2, 0) is 19.5 Å². The highest BCUT2D eigenvalue weighted by atomic mass is 32.1. The summed E-state index contributed by atoms with van der Waals surface area (Å²) in [4.78, 5) is 4.25. The van der Waals surface area contributed by atoms with Crippen molar-refractivity contribution in [1.82, 2.24) is 10.3 Å². The third-order valence-corrected chi connectivity index (χ3v) is 3.54. The fraction of sp³-hybridized carbons (Fsp3) is 0.400. The van der Waals surface area contributed by atoms with Gasteiger partial charge in [0.25, 0.3) is 0 Å². The molecule has 3 heteroatoms. The van der Waals surface area contributed by atoms with Gasteiger partial charge in [0, 0.05) is 24.7 Å². The molecular weight excluding hydrogens is 240 g/mol. The van der Waals surface area contributed by atoms with Gasteiger partial charge in [-0.15, -0.1) is 11.3 Å². The van der Waals surface area contributed by atoms with E-state index in [2.05, 4.69) is 48.4 Å². The molecule has 18 heavy (non-hydrogen) atoms. The fourth-order valence-corrected chi connectivity index (χ4v) is 2.50. The van der Waals surface area contributed by atoms with Gasteiger partial charge in [-0.1, -0.05) is 38.1 Å². The Morgan fingerprint density at radius 1 is 1.11 bits per heavy atom. The highest BCUT2D eigenvalue weighted by Gasteiger charge is 1.99. The Balaban J connectivity index is 1.79. The van der Waals surface area contributed by atoms with Gasteiger partial charge in [0.2, 0.25) is 0 Å². The molecule has 0 aliphatic heterocycles. The van der Waals surface area contributed by atoms with E-state index < -0.39 is 0 Å². The Labute approximate surface area is 113 Å². The number of hydrogen-bond donors (Lipinski definition) is 1. The zero-order valence-electron chi connectivity index (χ0n) is 11.0. The number of benzene rings is 1. The molecule has 0 radical (unpaired) electrons. The van der Waals surface area contributed by atoms with Crippen LogP contribution in [0.5, 0.6) is 0 Å². The average Bonchev–Trinajstić information content (AvgIpc) is 2.84. The lowest BCUT2D eigenvalue weighted by atomic mass is 10.0. The fourth-order valence-electron chi connectivity index (χ4n) is 1.92. The van der Waals surface area contributed by atoms with E-state index in [0.29, 0.717) is 0 Å². The summed E-state index contributed by atoms with van der Waals surface area (Å²) in [6, 6.07) is 8.90. The van der Waals surface area contributed by atoms with Gasteiger partial charge in [-0.3, -0.25) is 0 Å². The first-order valence-electron chi connectivity index (χ1n) is 6.41. The number of thiazole rings is 1. The van der Waals surface area contributed by atoms with Gasteiger partial charge in [0.1, 0.15) is 5.01 Å². The van der Waals surface area contributed by atoms with Gasteiger partial charge in [-0.05, 0) is 23.5 Å². The molecule has 0 amide bonds. The number of rotatable bonds is 6. The largest absolute Gasteiger partial charge is 0.306 e. The van der Waals surface area contributed by atoms with Gasteiger partial charge in [-0.25, -0.2) is 4.98 Å². The average molecular weight is 260 g/mol. The van der Waals surface area contributed by atoms with Gasteiger partial charge < -0.3 is 5.32 Å². The molecule has 0 bridgehead atoms. The third kappa shape index (κ3) is 4.24. The Morgan fingerprint density at radius 2 is 1.83 bits per heavy atom. The van der Waals surface area contributed by atoms with Gasteiger partial charge in [-0.2, -0.15) is 0 Å². The van der Waals surface area contributed by atoms with E-state index in [9.17, 15) is 0 Å². The summed E-state index contributed by atoms with van der Waals surface area (Å²) < 4.78 is 0. The van der Waals surface area contributed by atoms with Crippen LogP contribution >= 0.6 is 11.3 Å². The van der Waals surface area contributed by atoms with Crippen molar-refractivity contribution in [3.05, 3.63) is 52.0 Å². The quantitative estimate of drug-likeness (QED) is 0.858. The molecule has 1 aromatic carbocycles. The minimum absolute atomic E-state index is 0.721. The van der Waals surface area contributed by atoms with Gasteiger partial charge in [0.05, 0.1) is 0 Å². The van der Waals surface area contributed by atoms with E-state index >= 15 is 0 Å². The summed E-state index contributed by atoms with van der Waals surface area (Å²) in [5.74, 6) is 0.721. The molecule has 0 saturated carbocycles. The van der Waals surface area contributed by atoms with Crippen LogP contribution in [0.4, 0.5) is 0 Å². The number of nitrogens with one attached hydrogen (secondary N) is 1. The van der Waals surface area contributed by atoms with Crippen molar-refractivity contribution in [3.8, 4) is 0 Å². The summed E-state index contributed by atoms with van der Waals surface area (Å²) in [6.45, 7) is 6.26. The van der Waals surface area contributed by atoms with E-state index in [1.807, 2.05) is 11.6 Å². The molecule has 0 unspecified atom stereocenters. The van der Waals surface area contributed by atoms with E-state index in [1.54, 1.807) is 11.3 Å². The molecule has 2 rings (SSSR count). The van der Waals surface area contributed by atoms with Crippen molar-refractivity contribution in [1.29, 1.82) is 0 Å². The van der Waals surface area contributed by atoms with Crippen LogP contribution < -0.4 is 5.32 Å². The smallest absolute Gasteiger partial charge is 0.106 e. The van der Waals surface area contributed by atoms with Crippen LogP contribution in [0.3, 0.4) is 0 Å². The lowest BCUT2D eigenvalue weighted by Crippen LogP contribution is -2.12. The second-order valence-electron chi connectivity index (χ2n) is 4.94. The third-order valence-electron chi connectivity index (χ3n) is 2.76. The lowest BCUT2D eigenvalue weighted by molar-refractivity contribution is 0.646. The summed E-state index contributed by atoms with van der Waals surface area (Å²) >= 11 is 1.69. The predicted molar refractivity (Wildman–Crippen MR) is 77.6 cm³/mol. The Bertz CT molecular complexity index is 446. The van der Waals surface area contributed by atoms with Crippen molar-refractivity contribution in [2.75, 3.05) is 0 Å². The van der Waals surface area contributed by atoms with E-state index in [4.69, 9.17) is 0 Å². The summed E-state index contributed by atoms with van der Waals surface area (Å²) in [7, 11) is 0. The Hall–Kier alpha value is -1.19. The predicted octanol–water partition coefficient (Wildman–Crippen LogP) is 3.63. The zero-order valence-corrected chi connectivity index (χ0v) is 11.8. The molecule has 0 spiro atoms. The number of nitrogens with zero attached hydrogens (tertiary/aromatic N) is 1.